The van der Waals surface area contributed by atoms with Crippen LogP contribution in [0, 0.1) is 0 Å². The summed E-state index contributed by atoms with van der Waals surface area (Å²) in [4.78, 5) is 25.3. The number of carboxylic acid groups (broad SMARTS) is 1. The Morgan fingerprint density at radius 1 is 0.860 bits per heavy atom. The number of aliphatic carboxylic acids is 1. The second-order valence-corrected chi connectivity index (χ2v) is 13.0. The van der Waals surface area contributed by atoms with Gasteiger partial charge in [0.05, 0.1) is 24.9 Å². The fraction of sp³-hybridized carbons (Fsp3) is 0.366. The van der Waals surface area contributed by atoms with Crippen molar-refractivity contribution in [1.82, 2.24) is 10.2 Å². The fourth-order valence-corrected chi connectivity index (χ4v) is 6.31. The van der Waals surface area contributed by atoms with Gasteiger partial charge in [-0.2, -0.15) is 0 Å². The van der Waals surface area contributed by atoms with Crippen molar-refractivity contribution >= 4 is 11.9 Å². The molecular formula is C41H48N2O7. The Bertz CT molecular complexity index is 1660. The van der Waals surface area contributed by atoms with Crippen LogP contribution in [0.15, 0.2) is 103 Å². The topological polar surface area (TPSA) is 129 Å². The van der Waals surface area contributed by atoms with Crippen LogP contribution in [-0.2, 0) is 32.2 Å². The maximum absolute atomic E-state index is 12.4. The number of unbranched alkanes of at least 4 members (excludes halogenated alkanes) is 1. The zero-order valence-electron chi connectivity index (χ0n) is 28.8. The maximum Gasteiger partial charge on any atom is 0.303 e. The van der Waals surface area contributed by atoms with Gasteiger partial charge in [-0.15, -0.1) is 0 Å². The fourth-order valence-electron chi connectivity index (χ4n) is 6.31. The van der Waals surface area contributed by atoms with E-state index in [0.717, 1.165) is 38.9 Å². The van der Waals surface area contributed by atoms with E-state index in [0.29, 0.717) is 38.8 Å². The summed E-state index contributed by atoms with van der Waals surface area (Å²) in [6.45, 7) is 2.95. The van der Waals surface area contributed by atoms with Gasteiger partial charge in [0.2, 0.25) is 5.91 Å². The van der Waals surface area contributed by atoms with Crippen LogP contribution >= 0.6 is 0 Å². The molecule has 9 heteroatoms. The minimum Gasteiger partial charge on any atom is -0.481 e. The Labute approximate surface area is 294 Å². The minimum absolute atomic E-state index is 0.0248. The molecule has 4 aromatic carbocycles. The lowest BCUT2D eigenvalue weighted by atomic mass is 9.97. The highest BCUT2D eigenvalue weighted by Gasteiger charge is 2.34. The average molecular weight is 681 g/mol. The van der Waals surface area contributed by atoms with Gasteiger partial charge in [-0.3, -0.25) is 14.5 Å². The van der Waals surface area contributed by atoms with E-state index in [9.17, 15) is 19.8 Å². The number of rotatable bonds is 16. The molecular weight excluding hydrogens is 632 g/mol. The third kappa shape index (κ3) is 10.1. The standard InChI is InChI=1S/C41H48N2O7/c1-28(40(48)32-10-4-3-5-11-32)43(2)26-35-24-37(31-18-16-29(27-44)17-19-31)50-41(49-35)33-22-20-30(21-23-33)36-13-7-6-12-34(36)25-42-38(45)14-8-9-15-39(46)47/h3-7,10-13,16-23,28,35,37,40-41,44,48H,8-9,14-15,24-27H2,1-2H3,(H,42,45)(H,46,47). The third-order valence-electron chi connectivity index (χ3n) is 9.43. The molecule has 0 aromatic heterocycles. The summed E-state index contributed by atoms with van der Waals surface area (Å²) in [5.41, 5.74) is 6.57. The van der Waals surface area contributed by atoms with Gasteiger partial charge in [-0.1, -0.05) is 103 Å². The molecule has 0 radical (unpaired) electrons. The van der Waals surface area contributed by atoms with E-state index in [1.54, 1.807) is 0 Å². The average Bonchev–Trinajstić information content (AvgIpc) is 3.15. The van der Waals surface area contributed by atoms with E-state index in [1.807, 2.05) is 117 Å². The molecule has 5 rings (SSSR count). The first-order valence-electron chi connectivity index (χ1n) is 17.3. The molecule has 264 valence electrons. The van der Waals surface area contributed by atoms with Crippen LogP contribution in [-0.4, -0.2) is 57.8 Å². The Hall–Kier alpha value is -4.38. The number of hydrogen-bond acceptors (Lipinski definition) is 7. The van der Waals surface area contributed by atoms with Crippen LogP contribution < -0.4 is 5.32 Å². The number of nitrogens with zero attached hydrogens (tertiary/aromatic N) is 1. The normalized spacial score (nSPS) is 18.8. The van der Waals surface area contributed by atoms with E-state index in [-0.39, 0.29) is 37.2 Å². The lowest BCUT2D eigenvalue weighted by molar-refractivity contribution is -0.253. The highest BCUT2D eigenvalue weighted by molar-refractivity contribution is 5.76. The predicted octanol–water partition coefficient (Wildman–Crippen LogP) is 6.71. The number of benzene rings is 4. The van der Waals surface area contributed by atoms with Crippen molar-refractivity contribution in [2.75, 3.05) is 13.6 Å². The summed E-state index contributed by atoms with van der Waals surface area (Å²) in [6.07, 6.45) is 0.318. The van der Waals surface area contributed by atoms with Crippen molar-refractivity contribution in [1.29, 1.82) is 0 Å². The summed E-state index contributed by atoms with van der Waals surface area (Å²) in [7, 11) is 2.00. The largest absolute Gasteiger partial charge is 0.481 e. The Morgan fingerprint density at radius 2 is 1.52 bits per heavy atom. The molecule has 4 N–H and O–H groups in total. The molecule has 1 amide bonds. The first-order valence-corrected chi connectivity index (χ1v) is 17.3. The molecule has 4 aromatic rings. The van der Waals surface area contributed by atoms with Crippen LogP contribution in [0.3, 0.4) is 0 Å². The van der Waals surface area contributed by atoms with Gasteiger partial charge in [0.25, 0.3) is 0 Å². The molecule has 1 saturated heterocycles. The Morgan fingerprint density at radius 3 is 2.22 bits per heavy atom. The Balaban J connectivity index is 1.29. The van der Waals surface area contributed by atoms with Gasteiger partial charge in [0, 0.05) is 44.0 Å². The zero-order chi connectivity index (χ0) is 35.5. The van der Waals surface area contributed by atoms with E-state index in [4.69, 9.17) is 14.6 Å². The van der Waals surface area contributed by atoms with Crippen LogP contribution in [0.5, 0.6) is 0 Å². The number of likely N-dealkylation sites (N-methyl/N-ethyl adjacent to an activating group) is 1. The summed E-state index contributed by atoms with van der Waals surface area (Å²) in [6, 6.07) is 33.4. The number of aliphatic hydroxyl groups excluding tert-OH is 2. The highest BCUT2D eigenvalue weighted by atomic mass is 16.7. The van der Waals surface area contributed by atoms with Crippen LogP contribution in [0.4, 0.5) is 0 Å². The van der Waals surface area contributed by atoms with Crippen LogP contribution in [0.25, 0.3) is 11.1 Å². The summed E-state index contributed by atoms with van der Waals surface area (Å²) in [5.74, 6) is -0.950. The molecule has 50 heavy (non-hydrogen) atoms. The molecule has 1 aliphatic heterocycles. The molecule has 0 bridgehead atoms. The summed E-state index contributed by atoms with van der Waals surface area (Å²) in [5, 5.41) is 32.4. The van der Waals surface area contributed by atoms with Gasteiger partial charge >= 0.3 is 5.97 Å². The van der Waals surface area contributed by atoms with Crippen LogP contribution in [0.1, 0.15) is 85.3 Å². The Kier molecular flexibility index (Phi) is 13.3. The number of carbonyl (C=O) groups excluding carboxylic acids is 1. The third-order valence-corrected chi connectivity index (χ3v) is 9.43. The number of nitrogens with one attached hydrogen (secondary N) is 1. The number of aliphatic hydroxyl groups is 2. The van der Waals surface area contributed by atoms with Gasteiger partial charge in [-0.05, 0) is 60.2 Å². The van der Waals surface area contributed by atoms with Gasteiger partial charge in [-0.25, -0.2) is 0 Å². The van der Waals surface area contributed by atoms with E-state index < -0.39 is 18.4 Å². The molecule has 5 atom stereocenters. The van der Waals surface area contributed by atoms with Crippen molar-refractivity contribution in [3.05, 3.63) is 131 Å². The molecule has 0 saturated carbocycles. The minimum atomic E-state index is -0.849. The number of carboxylic acids is 1. The number of amides is 1. The summed E-state index contributed by atoms with van der Waals surface area (Å²) >= 11 is 0. The highest BCUT2D eigenvalue weighted by Crippen LogP contribution is 2.39. The lowest BCUT2D eigenvalue weighted by Gasteiger charge is -2.39. The molecule has 1 heterocycles. The maximum atomic E-state index is 12.4. The number of ether oxygens (including phenoxy) is 2. The first kappa shape index (κ1) is 36.9. The number of carbonyl (C=O) groups is 2. The van der Waals surface area contributed by atoms with Crippen molar-refractivity contribution in [2.45, 2.75) is 82.8 Å². The molecule has 5 unspecified atom stereocenters. The van der Waals surface area contributed by atoms with Crippen molar-refractivity contribution in [3.63, 3.8) is 0 Å². The van der Waals surface area contributed by atoms with E-state index in [2.05, 4.69) is 10.2 Å². The smallest absolute Gasteiger partial charge is 0.303 e. The SMILES string of the molecule is CC(C(O)c1ccccc1)N(C)CC1CC(c2ccc(CO)cc2)OC(c2ccc(-c3ccccc3CNC(=O)CCCCC(=O)O)cc2)O1. The predicted molar refractivity (Wildman–Crippen MR) is 192 cm³/mol. The lowest BCUT2D eigenvalue weighted by Crippen LogP contribution is -2.43. The van der Waals surface area contributed by atoms with E-state index in [1.165, 1.54) is 0 Å². The van der Waals surface area contributed by atoms with Crippen LogP contribution in [0.2, 0.25) is 0 Å². The summed E-state index contributed by atoms with van der Waals surface area (Å²) < 4.78 is 13.2. The van der Waals surface area contributed by atoms with E-state index >= 15 is 0 Å². The monoisotopic (exact) mass is 680 g/mol. The molecule has 1 fully saturated rings. The molecule has 0 aliphatic carbocycles. The molecule has 9 nitrogen and oxygen atoms in total. The second-order valence-electron chi connectivity index (χ2n) is 13.0. The number of hydrogen-bond donors (Lipinski definition) is 4. The molecule has 1 aliphatic rings. The van der Waals surface area contributed by atoms with Crippen molar-refractivity contribution in [2.24, 2.45) is 0 Å². The second kappa shape index (κ2) is 18.0. The quantitative estimate of drug-likeness (QED) is 0.0963. The first-order chi connectivity index (χ1) is 24.2. The van der Waals surface area contributed by atoms with Gasteiger partial charge in [0.1, 0.15) is 0 Å². The zero-order valence-corrected chi connectivity index (χ0v) is 28.8. The van der Waals surface area contributed by atoms with Crippen molar-refractivity contribution in [3.8, 4) is 11.1 Å². The molecule has 0 spiro atoms. The van der Waals surface area contributed by atoms with Crippen molar-refractivity contribution < 1.29 is 34.4 Å². The van der Waals surface area contributed by atoms with Gasteiger partial charge in [0.15, 0.2) is 6.29 Å². The van der Waals surface area contributed by atoms with Gasteiger partial charge < -0.3 is 30.1 Å².